The Hall–Kier alpha value is -1.98. The minimum absolute atomic E-state index is 0.00858. The molecule has 0 radical (unpaired) electrons. The number of hydrogen-bond acceptors (Lipinski definition) is 3. The number of aryl methyl sites for hydroxylation is 2. The first-order chi connectivity index (χ1) is 11.2. The Morgan fingerprint density at radius 1 is 1.21 bits per heavy atom. The number of halogens is 2. The lowest BCUT2D eigenvalue weighted by Gasteiger charge is -2.21. The van der Waals surface area contributed by atoms with E-state index in [4.69, 9.17) is 27.6 Å². The van der Waals surface area contributed by atoms with E-state index in [1.165, 1.54) is 0 Å². The fourth-order valence-electron chi connectivity index (χ4n) is 2.99. The van der Waals surface area contributed by atoms with Crippen LogP contribution in [0.5, 0.6) is 0 Å². The van der Waals surface area contributed by atoms with Crippen molar-refractivity contribution in [1.29, 1.82) is 0 Å². The molecule has 0 aliphatic carbocycles. The van der Waals surface area contributed by atoms with E-state index in [1.54, 1.807) is 45.0 Å². The van der Waals surface area contributed by atoms with E-state index in [1.807, 2.05) is 0 Å². The number of carbonyl (C=O) groups is 2. The molecule has 2 heterocycles. The summed E-state index contributed by atoms with van der Waals surface area (Å²) in [7, 11) is 0. The zero-order valence-electron chi connectivity index (χ0n) is 13.4. The molecular weight excluding hydrogens is 351 g/mol. The summed E-state index contributed by atoms with van der Waals surface area (Å²) in [6.07, 6.45) is 0. The van der Waals surface area contributed by atoms with E-state index in [2.05, 4.69) is 5.32 Å². The highest BCUT2D eigenvalue weighted by Gasteiger charge is 2.50. The van der Waals surface area contributed by atoms with Crippen LogP contribution in [0.3, 0.4) is 0 Å². The van der Waals surface area contributed by atoms with Gasteiger partial charge in [0.2, 0.25) is 0 Å². The molecule has 2 aromatic rings. The van der Waals surface area contributed by atoms with Crippen LogP contribution in [0, 0.1) is 13.8 Å². The topological polar surface area (TPSA) is 62.6 Å². The van der Waals surface area contributed by atoms with E-state index in [0.717, 1.165) is 4.90 Å². The zero-order valence-corrected chi connectivity index (χ0v) is 15.0. The quantitative estimate of drug-likeness (QED) is 0.829. The molecule has 1 atom stereocenters. The summed E-state index contributed by atoms with van der Waals surface area (Å²) >= 11 is 12.3. The van der Waals surface area contributed by atoms with Gasteiger partial charge < -0.3 is 9.73 Å². The van der Waals surface area contributed by atoms with E-state index >= 15 is 0 Å². The Morgan fingerprint density at radius 2 is 1.83 bits per heavy atom. The molecular formula is C17H16Cl2N2O3. The molecule has 0 bridgehead atoms. The summed E-state index contributed by atoms with van der Waals surface area (Å²) in [5.41, 5.74) is 0.00641. The van der Waals surface area contributed by atoms with Crippen LogP contribution >= 0.6 is 23.2 Å². The Kier molecular flexibility index (Phi) is 4.10. The fraction of sp³-hybridized carbons (Fsp3) is 0.294. The van der Waals surface area contributed by atoms with E-state index in [0.29, 0.717) is 32.7 Å². The smallest absolute Gasteiger partial charge is 0.325 e. The minimum Gasteiger partial charge on any atom is -0.466 e. The first-order valence-electron chi connectivity index (χ1n) is 7.38. The van der Waals surface area contributed by atoms with Gasteiger partial charge in [-0.05, 0) is 39.0 Å². The molecule has 0 saturated carbocycles. The van der Waals surface area contributed by atoms with Gasteiger partial charge >= 0.3 is 6.03 Å². The Bertz CT molecular complexity index is 826. The summed E-state index contributed by atoms with van der Waals surface area (Å²) < 4.78 is 5.50. The highest BCUT2D eigenvalue weighted by molar-refractivity contribution is 6.36. The normalized spacial score (nSPS) is 20.6. The second-order valence-corrected chi connectivity index (χ2v) is 6.79. The van der Waals surface area contributed by atoms with Gasteiger partial charge in [0.15, 0.2) is 0 Å². The maximum absolute atomic E-state index is 12.9. The van der Waals surface area contributed by atoms with Crippen molar-refractivity contribution in [1.82, 2.24) is 10.2 Å². The third-order valence-electron chi connectivity index (χ3n) is 4.23. The molecule has 3 amide bonds. The first-order valence-corrected chi connectivity index (χ1v) is 8.14. The van der Waals surface area contributed by atoms with Crippen LogP contribution in [0.25, 0.3) is 0 Å². The fourth-order valence-corrected chi connectivity index (χ4v) is 3.51. The highest BCUT2D eigenvalue weighted by Crippen LogP contribution is 2.35. The number of urea groups is 1. The monoisotopic (exact) mass is 366 g/mol. The minimum atomic E-state index is -1.17. The Morgan fingerprint density at radius 3 is 2.38 bits per heavy atom. The van der Waals surface area contributed by atoms with Gasteiger partial charge in [0, 0.05) is 21.2 Å². The van der Waals surface area contributed by atoms with Gasteiger partial charge in [-0.15, -0.1) is 0 Å². The standard InChI is InChI=1S/C17H16Cl2N2O3/c1-9-7-12(10(2)24-9)17(3)15(22)21(16(23)20-17)8-11-13(18)5-4-6-14(11)19/h4-7H,8H2,1-3H3,(H,20,23). The maximum atomic E-state index is 12.9. The van der Waals surface area contributed by atoms with Gasteiger partial charge in [0.05, 0.1) is 6.54 Å². The number of furan rings is 1. The highest BCUT2D eigenvalue weighted by atomic mass is 35.5. The summed E-state index contributed by atoms with van der Waals surface area (Å²) in [6.45, 7) is 5.23. The van der Waals surface area contributed by atoms with Crippen molar-refractivity contribution in [3.8, 4) is 0 Å². The van der Waals surface area contributed by atoms with E-state index in [-0.39, 0.29) is 12.5 Å². The maximum Gasteiger partial charge on any atom is 0.325 e. The first kappa shape index (κ1) is 16.9. The van der Waals surface area contributed by atoms with Crippen LogP contribution in [-0.4, -0.2) is 16.8 Å². The van der Waals surface area contributed by atoms with Gasteiger partial charge in [-0.25, -0.2) is 4.79 Å². The molecule has 5 nitrogen and oxygen atoms in total. The number of amides is 3. The van der Waals surface area contributed by atoms with Crippen molar-refractivity contribution in [3.05, 3.63) is 57.0 Å². The van der Waals surface area contributed by atoms with E-state index in [9.17, 15) is 9.59 Å². The number of nitrogens with zero attached hydrogens (tertiary/aromatic N) is 1. The van der Waals surface area contributed by atoms with Crippen molar-refractivity contribution >= 4 is 35.1 Å². The molecule has 126 valence electrons. The molecule has 3 rings (SSSR count). The lowest BCUT2D eigenvalue weighted by Crippen LogP contribution is -2.41. The molecule has 1 aromatic carbocycles. The second kappa shape index (κ2) is 5.83. The number of hydrogen-bond donors (Lipinski definition) is 1. The van der Waals surface area contributed by atoms with Crippen LogP contribution in [0.1, 0.15) is 29.6 Å². The summed E-state index contributed by atoms with van der Waals surface area (Å²) in [5.74, 6) is 0.909. The molecule has 1 unspecified atom stereocenters. The molecule has 1 aliphatic heterocycles. The van der Waals surface area contributed by atoms with Crippen molar-refractivity contribution < 1.29 is 14.0 Å². The molecule has 0 spiro atoms. The molecule has 1 aliphatic rings. The van der Waals surface area contributed by atoms with Crippen molar-refractivity contribution in [2.24, 2.45) is 0 Å². The van der Waals surface area contributed by atoms with Gasteiger partial charge in [-0.1, -0.05) is 29.3 Å². The molecule has 1 saturated heterocycles. The molecule has 1 fully saturated rings. The number of nitrogens with one attached hydrogen (secondary N) is 1. The lowest BCUT2D eigenvalue weighted by molar-refractivity contribution is -0.131. The van der Waals surface area contributed by atoms with Crippen LogP contribution in [0.2, 0.25) is 10.0 Å². The van der Waals surface area contributed by atoms with Gasteiger partial charge in [-0.3, -0.25) is 9.69 Å². The zero-order chi connectivity index (χ0) is 17.6. The summed E-state index contributed by atoms with van der Waals surface area (Å²) in [6, 6.07) is 6.33. The van der Waals surface area contributed by atoms with Crippen LogP contribution < -0.4 is 5.32 Å². The van der Waals surface area contributed by atoms with Crippen LogP contribution in [0.4, 0.5) is 4.79 Å². The molecule has 1 N–H and O–H groups in total. The van der Waals surface area contributed by atoms with E-state index < -0.39 is 11.6 Å². The molecule has 7 heteroatoms. The lowest BCUT2D eigenvalue weighted by atomic mass is 9.92. The average molecular weight is 367 g/mol. The van der Waals surface area contributed by atoms with Gasteiger partial charge in [0.25, 0.3) is 5.91 Å². The largest absolute Gasteiger partial charge is 0.466 e. The number of benzene rings is 1. The Balaban J connectivity index is 1.96. The summed E-state index contributed by atoms with van der Waals surface area (Å²) in [4.78, 5) is 26.5. The third-order valence-corrected chi connectivity index (χ3v) is 4.94. The predicted octanol–water partition coefficient (Wildman–Crippen LogP) is 4.17. The van der Waals surface area contributed by atoms with Gasteiger partial charge in [-0.2, -0.15) is 0 Å². The van der Waals surface area contributed by atoms with Crippen LogP contribution in [0.15, 0.2) is 28.7 Å². The van der Waals surface area contributed by atoms with Crippen molar-refractivity contribution in [2.75, 3.05) is 0 Å². The molecule has 24 heavy (non-hydrogen) atoms. The third kappa shape index (κ3) is 2.58. The SMILES string of the molecule is Cc1cc(C2(C)NC(=O)N(Cc3c(Cl)cccc3Cl)C2=O)c(C)o1. The van der Waals surface area contributed by atoms with Crippen molar-refractivity contribution in [3.63, 3.8) is 0 Å². The number of rotatable bonds is 3. The predicted molar refractivity (Wildman–Crippen MR) is 91.1 cm³/mol. The Labute approximate surface area is 149 Å². The van der Waals surface area contributed by atoms with Crippen molar-refractivity contribution in [2.45, 2.75) is 32.9 Å². The second-order valence-electron chi connectivity index (χ2n) is 5.97. The number of imide groups is 1. The number of carbonyl (C=O) groups excluding carboxylic acids is 2. The van der Waals surface area contributed by atoms with Gasteiger partial charge in [0.1, 0.15) is 17.1 Å². The average Bonchev–Trinajstić information content (AvgIpc) is 2.94. The van der Waals surface area contributed by atoms with Crippen LogP contribution in [-0.2, 0) is 16.9 Å². The summed E-state index contributed by atoms with van der Waals surface area (Å²) in [5, 5.41) is 3.57. The molecule has 1 aromatic heterocycles.